The molecule has 0 spiro atoms. The molecule has 24 heavy (non-hydrogen) atoms. The average Bonchev–Trinajstić information content (AvgIpc) is 2.60. The fraction of sp³-hybridized carbons (Fsp3) is 0.421. The van der Waals surface area contributed by atoms with E-state index in [1.807, 2.05) is 12.1 Å². The summed E-state index contributed by atoms with van der Waals surface area (Å²) in [4.78, 5) is 0. The molecule has 0 unspecified atom stereocenters. The number of methoxy groups -OCH3 is 2. The Bertz CT molecular complexity index is 729. The molecule has 0 atom stereocenters. The van der Waals surface area contributed by atoms with Gasteiger partial charge in [-0.1, -0.05) is 13.3 Å². The van der Waals surface area contributed by atoms with Crippen molar-refractivity contribution in [3.05, 3.63) is 35.0 Å². The van der Waals surface area contributed by atoms with E-state index in [4.69, 9.17) is 25.8 Å². The minimum Gasteiger partial charge on any atom is -0.497 e. The number of unbranched alkanes of at least 4 members (excludes halogenated alkanes) is 1. The van der Waals surface area contributed by atoms with E-state index in [0.29, 0.717) is 11.8 Å². The molecule has 0 saturated heterocycles. The van der Waals surface area contributed by atoms with Gasteiger partial charge in [-0.25, -0.2) is 0 Å². The minimum absolute atomic E-state index is 0.683. The molecule has 0 aliphatic carbocycles. The molecule has 1 aliphatic heterocycles. The van der Waals surface area contributed by atoms with Gasteiger partial charge in [0.25, 0.3) is 5.15 Å². The number of fused-ring (bicyclic) bond motifs is 3. The lowest BCUT2D eigenvalue weighted by Gasteiger charge is -2.20. The second-order valence-corrected chi connectivity index (χ2v) is 6.25. The molecule has 0 bridgehead atoms. The van der Waals surface area contributed by atoms with Crippen LogP contribution in [0, 0.1) is 0 Å². The Morgan fingerprint density at radius 3 is 2.62 bits per heavy atom. The summed E-state index contributed by atoms with van der Waals surface area (Å²) >= 11 is 6.50. The summed E-state index contributed by atoms with van der Waals surface area (Å²) in [7, 11) is 3.35. The molecule has 1 aromatic carbocycles. The van der Waals surface area contributed by atoms with Gasteiger partial charge < -0.3 is 14.2 Å². The number of hydrogen-bond acceptors (Lipinski definition) is 3. The van der Waals surface area contributed by atoms with Gasteiger partial charge in [0.2, 0.25) is 5.69 Å². The Morgan fingerprint density at radius 2 is 1.92 bits per heavy atom. The van der Waals surface area contributed by atoms with Crippen molar-refractivity contribution in [1.82, 2.24) is 0 Å². The molecule has 0 radical (unpaired) electrons. The number of aromatic nitrogens is 1. The molecule has 3 rings (SSSR count). The lowest BCUT2D eigenvalue weighted by Crippen LogP contribution is -2.41. The third-order valence-corrected chi connectivity index (χ3v) is 4.64. The van der Waals surface area contributed by atoms with Gasteiger partial charge >= 0.3 is 0 Å². The van der Waals surface area contributed by atoms with Crippen LogP contribution in [0.4, 0.5) is 0 Å². The first-order chi connectivity index (χ1) is 11.7. The molecule has 0 amide bonds. The van der Waals surface area contributed by atoms with Crippen molar-refractivity contribution in [3.63, 3.8) is 0 Å². The normalized spacial score (nSPS) is 12.3. The SMILES string of the molecule is CCCCOc1cc(Cl)[n+]2c(c1)-c1c(cc(OC)cc1OC)CC2. The summed E-state index contributed by atoms with van der Waals surface area (Å²) in [5.74, 6) is 2.39. The lowest BCUT2D eigenvalue weighted by molar-refractivity contribution is -0.685. The van der Waals surface area contributed by atoms with Crippen molar-refractivity contribution in [2.45, 2.75) is 32.7 Å². The zero-order valence-corrected chi connectivity index (χ0v) is 15.2. The van der Waals surface area contributed by atoms with Gasteiger partial charge in [0.1, 0.15) is 17.2 Å². The second-order valence-electron chi connectivity index (χ2n) is 5.87. The molecule has 0 fully saturated rings. The molecule has 0 saturated carbocycles. The molecule has 1 aromatic heterocycles. The van der Waals surface area contributed by atoms with E-state index in [9.17, 15) is 0 Å². The Morgan fingerprint density at radius 1 is 1.08 bits per heavy atom. The van der Waals surface area contributed by atoms with Crippen molar-refractivity contribution in [3.8, 4) is 28.5 Å². The summed E-state index contributed by atoms with van der Waals surface area (Å²) < 4.78 is 19.0. The van der Waals surface area contributed by atoms with Crippen LogP contribution in [-0.4, -0.2) is 20.8 Å². The summed E-state index contributed by atoms with van der Waals surface area (Å²) in [6, 6.07) is 7.92. The van der Waals surface area contributed by atoms with Gasteiger partial charge in [0.05, 0.1) is 38.5 Å². The molecular weight excluding hydrogens is 326 g/mol. The van der Waals surface area contributed by atoms with E-state index in [0.717, 1.165) is 54.3 Å². The van der Waals surface area contributed by atoms with Crippen molar-refractivity contribution in [2.75, 3.05) is 20.8 Å². The van der Waals surface area contributed by atoms with E-state index in [1.165, 1.54) is 5.56 Å². The molecule has 4 nitrogen and oxygen atoms in total. The van der Waals surface area contributed by atoms with Crippen LogP contribution in [-0.2, 0) is 13.0 Å². The van der Waals surface area contributed by atoms with E-state index in [-0.39, 0.29) is 0 Å². The van der Waals surface area contributed by atoms with Gasteiger partial charge in [0.15, 0.2) is 6.54 Å². The van der Waals surface area contributed by atoms with Crippen LogP contribution in [0.1, 0.15) is 25.3 Å². The number of halogens is 1. The van der Waals surface area contributed by atoms with Crippen LogP contribution in [0.15, 0.2) is 24.3 Å². The number of ether oxygens (including phenoxy) is 3. The van der Waals surface area contributed by atoms with Crippen LogP contribution in [0.3, 0.4) is 0 Å². The van der Waals surface area contributed by atoms with E-state index in [2.05, 4.69) is 23.6 Å². The van der Waals surface area contributed by atoms with Crippen molar-refractivity contribution >= 4 is 11.6 Å². The Kier molecular flexibility index (Phi) is 5.14. The zero-order chi connectivity index (χ0) is 17.1. The van der Waals surface area contributed by atoms with Crippen molar-refractivity contribution in [2.24, 2.45) is 0 Å². The van der Waals surface area contributed by atoms with Crippen LogP contribution in [0.25, 0.3) is 11.3 Å². The fourth-order valence-electron chi connectivity index (χ4n) is 3.06. The van der Waals surface area contributed by atoms with Crippen molar-refractivity contribution in [1.29, 1.82) is 0 Å². The highest BCUT2D eigenvalue weighted by molar-refractivity contribution is 6.28. The smallest absolute Gasteiger partial charge is 0.279 e. The lowest BCUT2D eigenvalue weighted by atomic mass is 9.95. The topological polar surface area (TPSA) is 31.6 Å². The predicted molar refractivity (Wildman–Crippen MR) is 94.3 cm³/mol. The third-order valence-electron chi connectivity index (χ3n) is 4.33. The maximum Gasteiger partial charge on any atom is 0.279 e. The standard InChI is InChI=1S/C19H23ClNO3/c1-4-5-8-24-15-10-16-19-13(6-7-21(16)18(20)12-15)9-14(22-2)11-17(19)23-3/h9-12H,4-8H2,1-3H3/q+1. The largest absolute Gasteiger partial charge is 0.497 e. The highest BCUT2D eigenvalue weighted by Gasteiger charge is 2.30. The summed E-state index contributed by atoms with van der Waals surface area (Å²) in [5, 5.41) is 0.683. The monoisotopic (exact) mass is 348 g/mol. The number of benzene rings is 1. The highest BCUT2D eigenvalue weighted by atomic mass is 35.5. The molecule has 1 aliphatic rings. The Balaban J connectivity index is 2.09. The van der Waals surface area contributed by atoms with Gasteiger partial charge in [-0.2, -0.15) is 4.57 Å². The summed E-state index contributed by atoms with van der Waals surface area (Å²) in [6.07, 6.45) is 3.01. The molecule has 0 N–H and O–H groups in total. The second kappa shape index (κ2) is 7.31. The van der Waals surface area contributed by atoms with Gasteiger partial charge in [-0.3, -0.25) is 0 Å². The van der Waals surface area contributed by atoms with Crippen molar-refractivity contribution < 1.29 is 18.8 Å². The number of rotatable bonds is 6. The third kappa shape index (κ3) is 3.16. The predicted octanol–water partition coefficient (Wildman–Crippen LogP) is 4.05. The maximum absolute atomic E-state index is 6.50. The molecular formula is C19H23ClNO3+. The van der Waals surface area contributed by atoms with E-state index < -0.39 is 0 Å². The van der Waals surface area contributed by atoms with Crippen LogP contribution >= 0.6 is 11.6 Å². The number of hydrogen-bond donors (Lipinski definition) is 0. The molecule has 128 valence electrons. The average molecular weight is 349 g/mol. The van der Waals surface area contributed by atoms with Gasteiger partial charge in [0, 0.05) is 12.5 Å². The van der Waals surface area contributed by atoms with Crippen LogP contribution in [0.5, 0.6) is 17.2 Å². The first kappa shape index (κ1) is 16.9. The fourth-order valence-corrected chi connectivity index (χ4v) is 3.34. The highest BCUT2D eigenvalue weighted by Crippen LogP contribution is 2.39. The summed E-state index contributed by atoms with van der Waals surface area (Å²) in [5.41, 5.74) is 3.29. The maximum atomic E-state index is 6.50. The quantitative estimate of drug-likeness (QED) is 0.448. The van der Waals surface area contributed by atoms with Crippen LogP contribution < -0.4 is 18.8 Å². The Hall–Kier alpha value is -1.94. The molecule has 2 aromatic rings. The zero-order valence-electron chi connectivity index (χ0n) is 14.4. The van der Waals surface area contributed by atoms with Crippen LogP contribution in [0.2, 0.25) is 5.15 Å². The number of aryl methyl sites for hydroxylation is 1. The summed E-state index contributed by atoms with van der Waals surface area (Å²) in [6.45, 7) is 3.67. The Labute approximate surface area is 147 Å². The minimum atomic E-state index is 0.683. The first-order valence-electron chi connectivity index (χ1n) is 8.29. The first-order valence-corrected chi connectivity index (χ1v) is 8.67. The van der Waals surface area contributed by atoms with E-state index >= 15 is 0 Å². The van der Waals surface area contributed by atoms with Gasteiger partial charge in [-0.05, 0) is 29.7 Å². The number of nitrogens with zero attached hydrogens (tertiary/aromatic N) is 1. The molecule has 5 heteroatoms. The molecule has 2 heterocycles. The number of pyridine rings is 1. The van der Waals surface area contributed by atoms with Gasteiger partial charge in [-0.15, -0.1) is 0 Å². The van der Waals surface area contributed by atoms with E-state index in [1.54, 1.807) is 14.2 Å².